The number of likely N-dealkylation sites (tertiary alicyclic amines) is 1. The summed E-state index contributed by atoms with van der Waals surface area (Å²) in [5.74, 6) is 0.481. The van der Waals surface area contributed by atoms with Crippen LogP contribution in [0.15, 0.2) is 73.1 Å². The molecule has 0 bridgehead atoms. The van der Waals surface area contributed by atoms with Gasteiger partial charge in [-0.1, -0.05) is 29.8 Å². The number of ether oxygens (including phenoxy) is 1. The van der Waals surface area contributed by atoms with Gasteiger partial charge in [0.1, 0.15) is 12.4 Å². The van der Waals surface area contributed by atoms with Gasteiger partial charge >= 0.3 is 0 Å². The van der Waals surface area contributed by atoms with E-state index in [2.05, 4.69) is 10.3 Å². The summed E-state index contributed by atoms with van der Waals surface area (Å²) < 4.78 is 5.82. The Labute approximate surface area is 192 Å². The van der Waals surface area contributed by atoms with Crippen molar-refractivity contribution in [3.05, 3.63) is 94.8 Å². The van der Waals surface area contributed by atoms with Crippen LogP contribution in [-0.2, 0) is 6.61 Å². The Kier molecular flexibility index (Phi) is 7.02. The maximum absolute atomic E-state index is 12.7. The molecular weight excluding hydrogens is 426 g/mol. The number of aromatic nitrogens is 1. The van der Waals surface area contributed by atoms with Crippen molar-refractivity contribution >= 4 is 23.4 Å². The Bertz CT molecular complexity index is 1080. The summed E-state index contributed by atoms with van der Waals surface area (Å²) in [7, 11) is 0. The average molecular weight is 450 g/mol. The molecular formula is C25H24ClN3O3. The van der Waals surface area contributed by atoms with Crippen molar-refractivity contribution in [2.45, 2.75) is 25.5 Å². The molecule has 7 heteroatoms. The molecule has 164 valence electrons. The van der Waals surface area contributed by atoms with Crippen LogP contribution in [0.5, 0.6) is 5.75 Å². The Morgan fingerprint density at radius 1 is 1.00 bits per heavy atom. The minimum atomic E-state index is -0.142. The molecule has 0 aliphatic carbocycles. The van der Waals surface area contributed by atoms with Crippen LogP contribution < -0.4 is 10.1 Å². The number of rotatable bonds is 6. The fourth-order valence-electron chi connectivity index (χ4n) is 3.69. The normalized spacial score (nSPS) is 14.1. The first-order chi connectivity index (χ1) is 15.6. The molecule has 3 aromatic rings. The van der Waals surface area contributed by atoms with E-state index in [-0.39, 0.29) is 17.9 Å². The lowest BCUT2D eigenvalue weighted by atomic mass is 10.0. The molecule has 0 unspecified atom stereocenters. The number of hydrogen-bond acceptors (Lipinski definition) is 4. The number of nitrogens with one attached hydrogen (secondary N) is 1. The summed E-state index contributed by atoms with van der Waals surface area (Å²) in [6, 6.07) is 18.1. The molecule has 4 rings (SSSR count). The summed E-state index contributed by atoms with van der Waals surface area (Å²) in [4.78, 5) is 31.1. The fourth-order valence-corrected chi connectivity index (χ4v) is 3.91. The summed E-state index contributed by atoms with van der Waals surface area (Å²) >= 11 is 6.01. The Morgan fingerprint density at radius 2 is 1.75 bits per heavy atom. The molecule has 2 amide bonds. The third-order valence-electron chi connectivity index (χ3n) is 5.44. The molecule has 2 aromatic carbocycles. The smallest absolute Gasteiger partial charge is 0.253 e. The van der Waals surface area contributed by atoms with Gasteiger partial charge in [-0.05, 0) is 60.9 Å². The number of pyridine rings is 1. The van der Waals surface area contributed by atoms with Crippen molar-refractivity contribution in [1.29, 1.82) is 0 Å². The van der Waals surface area contributed by atoms with E-state index in [4.69, 9.17) is 16.3 Å². The Morgan fingerprint density at radius 3 is 2.50 bits per heavy atom. The van der Waals surface area contributed by atoms with Crippen LogP contribution >= 0.6 is 11.6 Å². The minimum absolute atomic E-state index is 0.00160. The Hall–Kier alpha value is -3.38. The molecule has 0 atom stereocenters. The van der Waals surface area contributed by atoms with Gasteiger partial charge in [0.15, 0.2) is 0 Å². The summed E-state index contributed by atoms with van der Waals surface area (Å²) in [5.41, 5.74) is 2.14. The lowest BCUT2D eigenvalue weighted by Gasteiger charge is -2.32. The number of nitrogens with zero attached hydrogens (tertiary/aromatic N) is 2. The number of benzene rings is 2. The van der Waals surface area contributed by atoms with Crippen molar-refractivity contribution < 1.29 is 14.3 Å². The quantitative estimate of drug-likeness (QED) is 0.607. The van der Waals surface area contributed by atoms with Crippen molar-refractivity contribution in [2.24, 2.45) is 0 Å². The zero-order valence-corrected chi connectivity index (χ0v) is 18.3. The minimum Gasteiger partial charge on any atom is -0.489 e. The molecule has 0 saturated carbocycles. The average Bonchev–Trinajstić information content (AvgIpc) is 2.83. The standard InChI is InChI=1S/C25H24ClN3O3/c26-21-5-1-3-18(15-21)17-32-23-6-2-4-20(16-23)24(30)28-22-9-13-29(14-10-22)25(31)19-7-11-27-12-8-19/h1-8,11-12,15-16,22H,9-10,13-14,17H2,(H,28,30). The van der Waals surface area contributed by atoms with E-state index in [9.17, 15) is 9.59 Å². The second-order valence-electron chi connectivity index (χ2n) is 7.72. The van der Waals surface area contributed by atoms with Gasteiger partial charge in [0.25, 0.3) is 11.8 Å². The van der Waals surface area contributed by atoms with Crippen molar-refractivity contribution in [2.75, 3.05) is 13.1 Å². The van der Waals surface area contributed by atoms with Gasteiger partial charge in [-0.25, -0.2) is 0 Å². The van der Waals surface area contributed by atoms with E-state index >= 15 is 0 Å². The van der Waals surface area contributed by atoms with Crippen LogP contribution in [0, 0.1) is 0 Å². The van der Waals surface area contributed by atoms with Gasteiger partial charge in [-0.3, -0.25) is 14.6 Å². The number of amides is 2. The van der Waals surface area contributed by atoms with Crippen molar-refractivity contribution in [1.82, 2.24) is 15.2 Å². The number of piperidine rings is 1. The fraction of sp³-hybridized carbons (Fsp3) is 0.240. The second-order valence-corrected chi connectivity index (χ2v) is 8.16. The maximum Gasteiger partial charge on any atom is 0.253 e. The van der Waals surface area contributed by atoms with E-state index in [0.29, 0.717) is 54.4 Å². The van der Waals surface area contributed by atoms with Gasteiger partial charge in [-0.15, -0.1) is 0 Å². The predicted molar refractivity (Wildman–Crippen MR) is 123 cm³/mol. The molecule has 0 spiro atoms. The van der Waals surface area contributed by atoms with Gasteiger partial charge in [0.2, 0.25) is 0 Å². The van der Waals surface area contributed by atoms with E-state index in [0.717, 1.165) is 5.56 Å². The lowest BCUT2D eigenvalue weighted by Crippen LogP contribution is -2.46. The number of carbonyl (C=O) groups is 2. The Balaban J connectivity index is 1.29. The first-order valence-corrected chi connectivity index (χ1v) is 10.9. The van der Waals surface area contributed by atoms with Gasteiger partial charge in [0, 0.05) is 47.7 Å². The molecule has 1 aliphatic rings. The third-order valence-corrected chi connectivity index (χ3v) is 5.67. The molecule has 32 heavy (non-hydrogen) atoms. The summed E-state index contributed by atoms with van der Waals surface area (Å²) in [6.07, 6.45) is 4.67. The first kappa shape index (κ1) is 21.8. The van der Waals surface area contributed by atoms with E-state index < -0.39 is 0 Å². The van der Waals surface area contributed by atoms with E-state index in [1.165, 1.54) is 0 Å². The first-order valence-electron chi connectivity index (χ1n) is 10.6. The monoisotopic (exact) mass is 449 g/mol. The van der Waals surface area contributed by atoms with E-state index in [1.807, 2.05) is 35.2 Å². The molecule has 1 aromatic heterocycles. The molecule has 6 nitrogen and oxygen atoms in total. The van der Waals surface area contributed by atoms with Gasteiger partial charge in [0.05, 0.1) is 0 Å². The maximum atomic E-state index is 12.7. The zero-order chi connectivity index (χ0) is 22.3. The highest BCUT2D eigenvalue weighted by atomic mass is 35.5. The predicted octanol–water partition coefficient (Wildman–Crippen LogP) is 4.35. The molecule has 1 aliphatic heterocycles. The van der Waals surface area contributed by atoms with E-state index in [1.54, 1.807) is 42.7 Å². The lowest BCUT2D eigenvalue weighted by molar-refractivity contribution is 0.0698. The van der Waals surface area contributed by atoms with Crippen LogP contribution in [0.4, 0.5) is 0 Å². The second kappa shape index (κ2) is 10.3. The van der Waals surface area contributed by atoms with Gasteiger partial charge in [-0.2, -0.15) is 0 Å². The molecule has 1 saturated heterocycles. The molecule has 1 N–H and O–H groups in total. The number of halogens is 1. The molecule has 1 fully saturated rings. The van der Waals surface area contributed by atoms with Crippen LogP contribution in [0.2, 0.25) is 5.02 Å². The van der Waals surface area contributed by atoms with Crippen LogP contribution in [0.3, 0.4) is 0 Å². The number of carbonyl (C=O) groups excluding carboxylic acids is 2. The van der Waals surface area contributed by atoms with Crippen LogP contribution in [0.1, 0.15) is 39.1 Å². The molecule has 2 heterocycles. The summed E-state index contributed by atoms with van der Waals surface area (Å²) in [5, 5.41) is 3.74. The zero-order valence-electron chi connectivity index (χ0n) is 17.5. The summed E-state index contributed by atoms with van der Waals surface area (Å²) in [6.45, 7) is 1.58. The van der Waals surface area contributed by atoms with Crippen LogP contribution in [0.25, 0.3) is 0 Å². The van der Waals surface area contributed by atoms with Gasteiger partial charge < -0.3 is 15.0 Å². The largest absolute Gasteiger partial charge is 0.489 e. The highest BCUT2D eigenvalue weighted by Crippen LogP contribution is 2.18. The topological polar surface area (TPSA) is 71.5 Å². The van der Waals surface area contributed by atoms with Crippen molar-refractivity contribution in [3.63, 3.8) is 0 Å². The highest BCUT2D eigenvalue weighted by Gasteiger charge is 2.25. The van der Waals surface area contributed by atoms with Crippen molar-refractivity contribution in [3.8, 4) is 5.75 Å². The SMILES string of the molecule is O=C(NC1CCN(C(=O)c2ccncc2)CC1)c1cccc(OCc2cccc(Cl)c2)c1. The third kappa shape index (κ3) is 5.65. The molecule has 0 radical (unpaired) electrons. The number of hydrogen-bond donors (Lipinski definition) is 1. The van der Waals surface area contributed by atoms with Crippen LogP contribution in [-0.4, -0.2) is 40.8 Å². The highest BCUT2D eigenvalue weighted by molar-refractivity contribution is 6.30.